The molecule has 5 nitrogen and oxygen atoms in total. The van der Waals surface area contributed by atoms with Crippen LogP contribution in [-0.4, -0.2) is 53.7 Å². The van der Waals surface area contributed by atoms with Crippen molar-refractivity contribution in [2.24, 2.45) is 0 Å². The molecule has 1 heterocycles. The standard InChI is InChI=1S/C22H35N3O2S/c1-7-13-23-21(27)24(6)14-8-15-25-19(26)16(2)28-20(25)17-9-11-18(12-10-17)22(3,4)5/h9-12,16,20H,7-8,13-15H2,1-6H3,(H,23,27). The van der Waals surface area contributed by atoms with Crippen LogP contribution in [0.25, 0.3) is 0 Å². The van der Waals surface area contributed by atoms with Gasteiger partial charge in [-0.15, -0.1) is 11.8 Å². The summed E-state index contributed by atoms with van der Waals surface area (Å²) < 4.78 is 0. The summed E-state index contributed by atoms with van der Waals surface area (Å²) in [6.45, 7) is 12.6. The van der Waals surface area contributed by atoms with Crippen LogP contribution in [0, 0.1) is 0 Å². The predicted molar refractivity (Wildman–Crippen MR) is 118 cm³/mol. The maximum Gasteiger partial charge on any atom is 0.317 e. The molecule has 1 aromatic carbocycles. The molecule has 156 valence electrons. The van der Waals surface area contributed by atoms with Crippen LogP contribution < -0.4 is 5.32 Å². The molecule has 0 spiro atoms. The summed E-state index contributed by atoms with van der Waals surface area (Å²) in [5, 5.41) is 2.90. The number of rotatable bonds is 7. The highest BCUT2D eigenvalue weighted by Gasteiger charge is 2.38. The Morgan fingerprint density at radius 1 is 1.25 bits per heavy atom. The fraction of sp³-hybridized carbons (Fsp3) is 0.636. The molecule has 0 aliphatic carbocycles. The van der Waals surface area contributed by atoms with Crippen molar-refractivity contribution in [3.05, 3.63) is 35.4 Å². The van der Waals surface area contributed by atoms with Gasteiger partial charge >= 0.3 is 6.03 Å². The summed E-state index contributed by atoms with van der Waals surface area (Å²) in [6.07, 6.45) is 1.69. The molecule has 0 bridgehead atoms. The molecule has 1 saturated heterocycles. The highest BCUT2D eigenvalue weighted by Crippen LogP contribution is 2.43. The van der Waals surface area contributed by atoms with E-state index < -0.39 is 0 Å². The Morgan fingerprint density at radius 2 is 1.89 bits per heavy atom. The van der Waals surface area contributed by atoms with Crippen molar-refractivity contribution in [3.63, 3.8) is 0 Å². The Kier molecular flexibility index (Phi) is 7.81. The quantitative estimate of drug-likeness (QED) is 0.732. The van der Waals surface area contributed by atoms with Crippen LogP contribution in [0.3, 0.4) is 0 Å². The molecule has 1 aliphatic rings. The van der Waals surface area contributed by atoms with Crippen LogP contribution in [0.4, 0.5) is 4.79 Å². The minimum absolute atomic E-state index is 0.0297. The number of hydrogen-bond donors (Lipinski definition) is 1. The Morgan fingerprint density at radius 3 is 2.46 bits per heavy atom. The van der Waals surface area contributed by atoms with Gasteiger partial charge in [0.05, 0.1) is 5.25 Å². The summed E-state index contributed by atoms with van der Waals surface area (Å²) in [4.78, 5) is 28.3. The molecule has 0 radical (unpaired) electrons. The number of benzene rings is 1. The van der Waals surface area contributed by atoms with E-state index in [2.05, 4.69) is 50.4 Å². The predicted octanol–water partition coefficient (Wildman–Crippen LogP) is 4.39. The number of nitrogens with zero attached hydrogens (tertiary/aromatic N) is 2. The number of carbonyl (C=O) groups excluding carboxylic acids is 2. The molecule has 0 aromatic heterocycles. The van der Waals surface area contributed by atoms with Gasteiger partial charge in [0.1, 0.15) is 5.37 Å². The highest BCUT2D eigenvalue weighted by molar-refractivity contribution is 8.01. The van der Waals surface area contributed by atoms with Crippen molar-refractivity contribution in [2.75, 3.05) is 26.7 Å². The van der Waals surface area contributed by atoms with Crippen LogP contribution in [0.1, 0.15) is 64.0 Å². The number of amides is 3. The van der Waals surface area contributed by atoms with Crippen LogP contribution in [0.5, 0.6) is 0 Å². The van der Waals surface area contributed by atoms with Crippen LogP contribution in [0.15, 0.2) is 24.3 Å². The zero-order chi connectivity index (χ0) is 20.9. The molecule has 2 rings (SSSR count). The third-order valence-electron chi connectivity index (χ3n) is 5.07. The smallest absolute Gasteiger partial charge is 0.317 e. The van der Waals surface area contributed by atoms with Crippen molar-refractivity contribution in [1.29, 1.82) is 0 Å². The van der Waals surface area contributed by atoms with Crippen LogP contribution >= 0.6 is 11.8 Å². The second kappa shape index (κ2) is 9.68. The van der Waals surface area contributed by atoms with E-state index in [0.717, 1.165) is 12.8 Å². The van der Waals surface area contributed by atoms with E-state index in [9.17, 15) is 9.59 Å². The first kappa shape index (κ1) is 22.6. The number of hydrogen-bond acceptors (Lipinski definition) is 3. The number of nitrogens with one attached hydrogen (secondary N) is 1. The van der Waals surface area contributed by atoms with Crippen LogP contribution in [0.2, 0.25) is 0 Å². The fourth-order valence-electron chi connectivity index (χ4n) is 3.25. The van der Waals surface area contributed by atoms with E-state index in [1.54, 1.807) is 23.7 Å². The first-order valence-electron chi connectivity index (χ1n) is 10.2. The summed E-state index contributed by atoms with van der Waals surface area (Å²) >= 11 is 1.71. The van der Waals surface area contributed by atoms with E-state index in [0.29, 0.717) is 19.6 Å². The molecule has 0 saturated carbocycles. The molecule has 1 N–H and O–H groups in total. The van der Waals surface area contributed by atoms with E-state index in [1.165, 1.54) is 11.1 Å². The lowest BCUT2D eigenvalue weighted by Crippen LogP contribution is -2.39. The molecule has 6 heteroatoms. The first-order chi connectivity index (χ1) is 13.1. The third kappa shape index (κ3) is 5.66. The Balaban J connectivity index is 1.99. The maximum absolute atomic E-state index is 12.7. The van der Waals surface area contributed by atoms with E-state index in [4.69, 9.17) is 0 Å². The Labute approximate surface area is 174 Å². The topological polar surface area (TPSA) is 52.7 Å². The fourth-order valence-corrected chi connectivity index (χ4v) is 4.56. The molecule has 1 aromatic rings. The molecule has 3 amide bonds. The van der Waals surface area contributed by atoms with Gasteiger partial charge in [0.15, 0.2) is 0 Å². The van der Waals surface area contributed by atoms with E-state index in [1.807, 2.05) is 18.7 Å². The van der Waals surface area contributed by atoms with Gasteiger partial charge in [-0.2, -0.15) is 0 Å². The number of carbonyl (C=O) groups is 2. The van der Waals surface area contributed by atoms with Gasteiger partial charge in [-0.3, -0.25) is 4.79 Å². The Hall–Kier alpha value is -1.69. The van der Waals surface area contributed by atoms with Gasteiger partial charge < -0.3 is 15.1 Å². The van der Waals surface area contributed by atoms with E-state index in [-0.39, 0.29) is 28.0 Å². The monoisotopic (exact) mass is 405 g/mol. The molecule has 1 fully saturated rings. The second-order valence-corrected chi connectivity index (χ2v) is 9.97. The summed E-state index contributed by atoms with van der Waals surface area (Å²) in [7, 11) is 1.80. The summed E-state index contributed by atoms with van der Waals surface area (Å²) in [5.74, 6) is 0.188. The van der Waals surface area contributed by atoms with Crippen molar-refractivity contribution in [3.8, 4) is 0 Å². The third-order valence-corrected chi connectivity index (χ3v) is 6.47. The van der Waals surface area contributed by atoms with Gasteiger partial charge in [-0.25, -0.2) is 4.79 Å². The molecular weight excluding hydrogens is 370 g/mol. The number of thioether (sulfide) groups is 1. The SMILES string of the molecule is CCCNC(=O)N(C)CCCN1C(=O)C(C)SC1c1ccc(C(C)(C)C)cc1. The zero-order valence-corrected chi connectivity index (χ0v) is 18.9. The molecular formula is C22H35N3O2S. The normalized spacial score (nSPS) is 19.8. The number of urea groups is 1. The van der Waals surface area contributed by atoms with Crippen molar-refractivity contribution in [2.45, 2.75) is 63.5 Å². The van der Waals surface area contributed by atoms with Gasteiger partial charge in [0.2, 0.25) is 5.91 Å². The van der Waals surface area contributed by atoms with Gasteiger partial charge in [-0.1, -0.05) is 52.0 Å². The van der Waals surface area contributed by atoms with Crippen molar-refractivity contribution >= 4 is 23.7 Å². The Bertz CT molecular complexity index is 669. The largest absolute Gasteiger partial charge is 0.338 e. The molecule has 1 aliphatic heterocycles. The average molecular weight is 406 g/mol. The summed E-state index contributed by atoms with van der Waals surface area (Å²) in [5.41, 5.74) is 2.59. The van der Waals surface area contributed by atoms with E-state index >= 15 is 0 Å². The lowest BCUT2D eigenvalue weighted by molar-refractivity contribution is -0.129. The molecule has 2 atom stereocenters. The van der Waals surface area contributed by atoms with Gasteiger partial charge in [-0.05, 0) is 36.3 Å². The maximum atomic E-state index is 12.7. The second-order valence-electron chi connectivity index (χ2n) is 8.54. The minimum atomic E-state index is -0.0494. The lowest BCUT2D eigenvalue weighted by atomic mass is 9.86. The van der Waals surface area contributed by atoms with Crippen molar-refractivity contribution in [1.82, 2.24) is 15.1 Å². The molecule has 28 heavy (non-hydrogen) atoms. The van der Waals surface area contributed by atoms with Gasteiger partial charge in [0, 0.05) is 26.7 Å². The van der Waals surface area contributed by atoms with Gasteiger partial charge in [0.25, 0.3) is 0 Å². The first-order valence-corrected chi connectivity index (χ1v) is 11.1. The van der Waals surface area contributed by atoms with Crippen molar-refractivity contribution < 1.29 is 9.59 Å². The highest BCUT2D eigenvalue weighted by atomic mass is 32.2. The minimum Gasteiger partial charge on any atom is -0.338 e. The molecule has 2 unspecified atom stereocenters. The zero-order valence-electron chi connectivity index (χ0n) is 18.1. The lowest BCUT2D eigenvalue weighted by Gasteiger charge is -2.26. The average Bonchev–Trinajstić information content (AvgIpc) is 2.93. The van der Waals surface area contributed by atoms with Crippen LogP contribution in [-0.2, 0) is 10.2 Å². The summed E-state index contributed by atoms with van der Waals surface area (Å²) in [6, 6.07) is 8.61.